The minimum Gasteiger partial charge on any atom is -0.392 e. The maximum absolute atomic E-state index is 10.7. The van der Waals surface area contributed by atoms with E-state index in [9.17, 15) is 4.79 Å². The van der Waals surface area contributed by atoms with Crippen molar-refractivity contribution < 1.29 is 9.90 Å². The van der Waals surface area contributed by atoms with Crippen molar-refractivity contribution in [3.8, 4) is 0 Å². The largest absolute Gasteiger partial charge is 0.392 e. The van der Waals surface area contributed by atoms with Gasteiger partial charge in [-0.25, -0.2) is 0 Å². The number of carbonyl (C=O) groups is 1. The predicted octanol–water partition coefficient (Wildman–Crippen LogP) is 3.52. The summed E-state index contributed by atoms with van der Waals surface area (Å²) < 4.78 is 0. The van der Waals surface area contributed by atoms with E-state index in [1.54, 1.807) is 19.1 Å². The van der Waals surface area contributed by atoms with Crippen molar-refractivity contribution >= 4 is 34.6 Å². The number of thioether (sulfide) groups is 1. The summed E-state index contributed by atoms with van der Waals surface area (Å²) in [4.78, 5) is 10.7. The van der Waals surface area contributed by atoms with Gasteiger partial charge < -0.3 is 5.11 Å². The van der Waals surface area contributed by atoms with Gasteiger partial charge >= 0.3 is 0 Å². The number of halogens is 1. The molecule has 0 bridgehead atoms. The summed E-state index contributed by atoms with van der Waals surface area (Å²) in [6.07, 6.45) is 4.73. The Kier molecular flexibility index (Phi) is 6.34. The summed E-state index contributed by atoms with van der Waals surface area (Å²) in [5.74, 6) is 0.781. The minimum atomic E-state index is 0.0121. The van der Waals surface area contributed by atoms with Gasteiger partial charge in [0, 0.05) is 17.7 Å². The van der Waals surface area contributed by atoms with Crippen molar-refractivity contribution in [1.29, 1.82) is 0 Å². The van der Waals surface area contributed by atoms with Gasteiger partial charge in [-0.3, -0.25) is 4.79 Å². The number of carbonyl (C=O) groups excluding carboxylic acids is 1. The molecule has 0 radical (unpaired) electrons. The van der Waals surface area contributed by atoms with Gasteiger partial charge in [-0.15, -0.1) is 0 Å². The number of rotatable bonds is 5. The third-order valence-electron chi connectivity index (χ3n) is 2.13. The second-order valence-corrected chi connectivity index (χ2v) is 5.22. The SMILES string of the molecule is CC(=O)SCCC=Cc1cc(CO)ccc1Cl. The monoisotopic (exact) mass is 270 g/mol. The molecule has 0 aromatic heterocycles. The molecule has 0 saturated carbocycles. The molecule has 0 aliphatic heterocycles. The Labute approximate surface area is 111 Å². The smallest absolute Gasteiger partial charge is 0.185 e. The molecule has 0 fully saturated rings. The third-order valence-corrected chi connectivity index (χ3v) is 3.32. The molecule has 0 unspecified atom stereocenters. The standard InChI is InChI=1S/C13H15ClO2S/c1-10(16)17-7-3-2-4-12-8-11(9-15)5-6-13(12)14/h2,4-6,8,15H,3,7,9H2,1H3. The summed E-state index contributed by atoms with van der Waals surface area (Å²) in [7, 11) is 0. The van der Waals surface area contributed by atoms with Crippen LogP contribution in [0, 0.1) is 0 Å². The molecule has 1 rings (SSSR count). The zero-order valence-electron chi connectivity index (χ0n) is 9.65. The molecule has 1 N–H and O–H groups in total. The fraction of sp³-hybridized carbons (Fsp3) is 0.308. The number of benzene rings is 1. The van der Waals surface area contributed by atoms with Crippen LogP contribution in [0.5, 0.6) is 0 Å². The van der Waals surface area contributed by atoms with E-state index in [1.807, 2.05) is 18.2 Å². The van der Waals surface area contributed by atoms with Crippen molar-refractivity contribution in [2.75, 3.05) is 5.75 Å². The zero-order valence-corrected chi connectivity index (χ0v) is 11.2. The van der Waals surface area contributed by atoms with E-state index in [0.717, 1.165) is 23.3 Å². The molecule has 0 aliphatic carbocycles. The maximum atomic E-state index is 10.7. The van der Waals surface area contributed by atoms with Crippen LogP contribution in [0.1, 0.15) is 24.5 Å². The number of aliphatic hydroxyl groups is 1. The average Bonchev–Trinajstić information content (AvgIpc) is 2.30. The molecule has 4 heteroatoms. The normalized spacial score (nSPS) is 11.0. The number of hydrogen-bond donors (Lipinski definition) is 1. The van der Waals surface area contributed by atoms with E-state index in [-0.39, 0.29) is 11.7 Å². The summed E-state index contributed by atoms with van der Waals surface area (Å²) >= 11 is 7.34. The van der Waals surface area contributed by atoms with Crippen LogP contribution >= 0.6 is 23.4 Å². The third kappa shape index (κ3) is 5.39. The number of aliphatic hydroxyl groups excluding tert-OH is 1. The molecule has 1 aromatic rings. The molecule has 0 aliphatic rings. The van der Waals surface area contributed by atoms with Crippen LogP contribution in [0.2, 0.25) is 5.02 Å². The van der Waals surface area contributed by atoms with Gasteiger partial charge in [-0.05, 0) is 29.7 Å². The highest BCUT2D eigenvalue weighted by molar-refractivity contribution is 8.13. The lowest BCUT2D eigenvalue weighted by Gasteiger charge is -2.01. The second-order valence-electron chi connectivity index (χ2n) is 3.55. The van der Waals surface area contributed by atoms with E-state index >= 15 is 0 Å². The molecule has 0 atom stereocenters. The fourth-order valence-electron chi connectivity index (χ4n) is 1.30. The van der Waals surface area contributed by atoms with E-state index in [4.69, 9.17) is 16.7 Å². The summed E-state index contributed by atoms with van der Waals surface area (Å²) in [5, 5.41) is 9.82. The van der Waals surface area contributed by atoms with E-state index in [2.05, 4.69) is 0 Å². The zero-order chi connectivity index (χ0) is 12.7. The van der Waals surface area contributed by atoms with Crippen LogP contribution in [0.4, 0.5) is 0 Å². The molecular weight excluding hydrogens is 256 g/mol. The average molecular weight is 271 g/mol. The minimum absolute atomic E-state index is 0.0121. The summed E-state index contributed by atoms with van der Waals surface area (Å²) in [5.41, 5.74) is 1.73. The van der Waals surface area contributed by atoms with E-state index in [0.29, 0.717) is 5.02 Å². The van der Waals surface area contributed by atoms with Crippen LogP contribution < -0.4 is 0 Å². The van der Waals surface area contributed by atoms with Crippen LogP contribution in [0.15, 0.2) is 24.3 Å². The Hall–Kier alpha value is -0.770. The van der Waals surface area contributed by atoms with Crippen LogP contribution in [-0.2, 0) is 11.4 Å². The summed E-state index contributed by atoms with van der Waals surface area (Å²) in [6, 6.07) is 5.43. The Morgan fingerprint density at radius 1 is 1.53 bits per heavy atom. The van der Waals surface area contributed by atoms with Gasteiger partial charge in [0.15, 0.2) is 5.12 Å². The van der Waals surface area contributed by atoms with Gasteiger partial charge in [0.1, 0.15) is 0 Å². The molecular formula is C13H15ClO2S. The maximum Gasteiger partial charge on any atom is 0.185 e. The van der Waals surface area contributed by atoms with Gasteiger partial charge in [0.2, 0.25) is 0 Å². The first-order valence-corrected chi connectivity index (χ1v) is 6.69. The molecule has 17 heavy (non-hydrogen) atoms. The van der Waals surface area contributed by atoms with Crippen molar-refractivity contribution in [3.63, 3.8) is 0 Å². The van der Waals surface area contributed by atoms with Crippen molar-refractivity contribution in [1.82, 2.24) is 0 Å². The molecule has 0 spiro atoms. The molecule has 0 amide bonds. The Balaban J connectivity index is 2.55. The molecule has 2 nitrogen and oxygen atoms in total. The van der Waals surface area contributed by atoms with E-state index < -0.39 is 0 Å². The Bertz CT molecular complexity index is 416. The topological polar surface area (TPSA) is 37.3 Å². The van der Waals surface area contributed by atoms with Crippen LogP contribution in [0.25, 0.3) is 6.08 Å². The number of hydrogen-bond acceptors (Lipinski definition) is 3. The van der Waals surface area contributed by atoms with Gasteiger partial charge in [0.25, 0.3) is 0 Å². The molecule has 0 saturated heterocycles. The first-order chi connectivity index (χ1) is 8.13. The van der Waals surface area contributed by atoms with Crippen molar-refractivity contribution in [3.05, 3.63) is 40.4 Å². The molecule has 0 heterocycles. The lowest BCUT2D eigenvalue weighted by Crippen LogP contribution is -1.86. The van der Waals surface area contributed by atoms with Gasteiger partial charge in [-0.1, -0.05) is 41.6 Å². The quantitative estimate of drug-likeness (QED) is 0.832. The number of allylic oxidation sites excluding steroid dienone is 1. The lowest BCUT2D eigenvalue weighted by atomic mass is 10.1. The van der Waals surface area contributed by atoms with Crippen LogP contribution in [0.3, 0.4) is 0 Å². The van der Waals surface area contributed by atoms with Crippen molar-refractivity contribution in [2.24, 2.45) is 0 Å². The highest BCUT2D eigenvalue weighted by atomic mass is 35.5. The van der Waals surface area contributed by atoms with Gasteiger partial charge in [-0.2, -0.15) is 0 Å². The van der Waals surface area contributed by atoms with Crippen molar-refractivity contribution in [2.45, 2.75) is 20.0 Å². The lowest BCUT2D eigenvalue weighted by molar-refractivity contribution is -0.109. The first kappa shape index (κ1) is 14.3. The molecule has 1 aromatic carbocycles. The Morgan fingerprint density at radius 3 is 2.94 bits per heavy atom. The molecule has 92 valence electrons. The van der Waals surface area contributed by atoms with Gasteiger partial charge in [0.05, 0.1) is 6.61 Å². The predicted molar refractivity (Wildman–Crippen MR) is 74.2 cm³/mol. The Morgan fingerprint density at radius 2 is 2.29 bits per heavy atom. The summed E-state index contributed by atoms with van der Waals surface area (Å²) in [6.45, 7) is 1.58. The van der Waals surface area contributed by atoms with E-state index in [1.165, 1.54) is 11.8 Å². The highest BCUT2D eigenvalue weighted by Crippen LogP contribution is 2.19. The van der Waals surface area contributed by atoms with Crippen LogP contribution in [-0.4, -0.2) is 16.0 Å². The second kappa shape index (κ2) is 7.54. The first-order valence-electron chi connectivity index (χ1n) is 5.32. The highest BCUT2D eigenvalue weighted by Gasteiger charge is 1.98. The fourth-order valence-corrected chi connectivity index (χ4v) is 2.02.